The largest absolute Gasteiger partial charge is 0.461 e. The lowest BCUT2D eigenvalue weighted by Crippen LogP contribution is -2.34. The maximum Gasteiger partial charge on any atom is 0.241 e. The lowest BCUT2D eigenvalue weighted by atomic mass is 10.2. The van der Waals surface area contributed by atoms with Gasteiger partial charge in [-0.2, -0.15) is 0 Å². The van der Waals surface area contributed by atoms with Crippen molar-refractivity contribution in [1.29, 1.82) is 0 Å². The number of para-hydroxylation sites is 1. The Morgan fingerprint density at radius 3 is 2.62 bits per heavy atom. The number of aryl methyl sites for hydroxylation is 1. The van der Waals surface area contributed by atoms with Crippen molar-refractivity contribution in [2.45, 2.75) is 31.2 Å². The second kappa shape index (κ2) is 6.37. The minimum Gasteiger partial charge on any atom is -0.461 e. The topological polar surface area (TPSA) is 59.3 Å². The fourth-order valence-electron chi connectivity index (χ4n) is 2.72. The Bertz CT molecular complexity index is 946. The second-order valence-corrected chi connectivity index (χ2v) is 7.57. The molecule has 0 bridgehead atoms. The molecule has 1 aromatic heterocycles. The number of sulfonamides is 1. The zero-order chi connectivity index (χ0) is 17.3. The fourth-order valence-corrected chi connectivity index (χ4v) is 4.19. The lowest BCUT2D eigenvalue weighted by Gasteiger charge is -2.14. The average Bonchev–Trinajstić information content (AvgIpc) is 2.87. The molecule has 0 fully saturated rings. The first-order valence-corrected chi connectivity index (χ1v) is 9.09. The van der Waals surface area contributed by atoms with Crippen LogP contribution >= 0.6 is 0 Å². The molecule has 1 N–H and O–H groups in total. The van der Waals surface area contributed by atoms with Crippen LogP contribution in [0.5, 0.6) is 0 Å². The van der Waals surface area contributed by atoms with Gasteiger partial charge in [-0.15, -0.1) is 0 Å². The number of hydrogen-bond acceptors (Lipinski definition) is 3. The number of rotatable bonds is 5. The monoisotopic (exact) mass is 347 g/mol. The molecule has 1 heterocycles. The quantitative estimate of drug-likeness (QED) is 0.764. The smallest absolute Gasteiger partial charge is 0.241 e. The van der Waals surface area contributed by atoms with Crippen LogP contribution in [0.25, 0.3) is 11.0 Å². The van der Waals surface area contributed by atoms with Gasteiger partial charge in [0.1, 0.15) is 17.2 Å². The molecule has 126 valence electrons. The Kier molecular flexibility index (Phi) is 4.43. The molecule has 0 saturated carbocycles. The summed E-state index contributed by atoms with van der Waals surface area (Å²) in [7, 11) is -3.72. The van der Waals surface area contributed by atoms with Gasteiger partial charge in [0, 0.05) is 17.8 Å². The van der Waals surface area contributed by atoms with Crippen LogP contribution < -0.4 is 4.72 Å². The van der Waals surface area contributed by atoms with Gasteiger partial charge in [-0.3, -0.25) is 0 Å². The summed E-state index contributed by atoms with van der Waals surface area (Å²) in [5.41, 5.74) is 1.15. The van der Waals surface area contributed by atoms with Gasteiger partial charge in [0.2, 0.25) is 10.0 Å². The summed E-state index contributed by atoms with van der Waals surface area (Å²) in [6.07, 6.45) is 0.425. The van der Waals surface area contributed by atoms with Crippen LogP contribution in [0, 0.1) is 12.7 Å². The molecule has 6 heteroatoms. The summed E-state index contributed by atoms with van der Waals surface area (Å²) in [4.78, 5) is 0.0837. The first kappa shape index (κ1) is 16.7. The van der Waals surface area contributed by atoms with Gasteiger partial charge in [-0.1, -0.05) is 18.2 Å². The Hall–Kier alpha value is -2.18. The molecular formula is C18H18FNO3S. The number of benzene rings is 2. The van der Waals surface area contributed by atoms with E-state index in [0.717, 1.165) is 17.0 Å². The van der Waals surface area contributed by atoms with E-state index in [1.807, 2.05) is 30.3 Å². The lowest BCUT2D eigenvalue weighted by molar-refractivity contribution is 0.504. The summed E-state index contributed by atoms with van der Waals surface area (Å²) < 4.78 is 46.4. The number of furan rings is 1. The SMILES string of the molecule is Cc1cc(F)ccc1S(=O)(=O)NC(C)Cc1cc2ccccc2o1. The Morgan fingerprint density at radius 1 is 1.17 bits per heavy atom. The van der Waals surface area contributed by atoms with E-state index >= 15 is 0 Å². The highest BCUT2D eigenvalue weighted by molar-refractivity contribution is 7.89. The standard InChI is InChI=1S/C18H18FNO3S/c1-12-9-15(19)7-8-18(12)24(21,22)20-13(2)10-16-11-14-5-3-4-6-17(14)23-16/h3-9,11,13,20H,10H2,1-2H3. The third kappa shape index (κ3) is 3.49. The molecule has 0 amide bonds. The molecule has 0 aliphatic heterocycles. The van der Waals surface area contributed by atoms with Crippen molar-refractivity contribution < 1.29 is 17.2 Å². The molecule has 0 spiro atoms. The molecule has 1 unspecified atom stereocenters. The fraction of sp³-hybridized carbons (Fsp3) is 0.222. The highest BCUT2D eigenvalue weighted by atomic mass is 32.2. The zero-order valence-corrected chi connectivity index (χ0v) is 14.2. The minimum atomic E-state index is -3.72. The van der Waals surface area contributed by atoms with Gasteiger partial charge < -0.3 is 4.42 Å². The van der Waals surface area contributed by atoms with E-state index in [9.17, 15) is 12.8 Å². The predicted octanol–water partition coefficient (Wildman–Crippen LogP) is 3.79. The number of nitrogens with one attached hydrogen (secondary N) is 1. The van der Waals surface area contributed by atoms with E-state index in [1.165, 1.54) is 12.1 Å². The molecule has 24 heavy (non-hydrogen) atoms. The van der Waals surface area contributed by atoms with E-state index < -0.39 is 15.8 Å². The Morgan fingerprint density at radius 2 is 1.92 bits per heavy atom. The Balaban J connectivity index is 1.76. The summed E-state index contributed by atoms with van der Waals surface area (Å²) in [6.45, 7) is 3.34. The van der Waals surface area contributed by atoms with Gasteiger partial charge >= 0.3 is 0 Å². The molecule has 1 atom stereocenters. The summed E-state index contributed by atoms with van der Waals surface area (Å²) in [5, 5.41) is 0.983. The Labute approximate surface area is 140 Å². The molecule has 0 aliphatic rings. The molecule has 3 aromatic rings. The summed E-state index contributed by atoms with van der Waals surface area (Å²) in [5.74, 6) is 0.254. The highest BCUT2D eigenvalue weighted by Crippen LogP contribution is 2.21. The van der Waals surface area contributed by atoms with Crippen molar-refractivity contribution in [1.82, 2.24) is 4.72 Å². The molecule has 0 saturated heterocycles. The molecule has 3 rings (SSSR count). The van der Waals surface area contributed by atoms with Crippen LogP contribution in [-0.2, 0) is 16.4 Å². The highest BCUT2D eigenvalue weighted by Gasteiger charge is 2.20. The van der Waals surface area contributed by atoms with E-state index in [4.69, 9.17) is 4.42 Å². The van der Waals surface area contributed by atoms with E-state index in [-0.39, 0.29) is 10.9 Å². The molecular weight excluding hydrogens is 329 g/mol. The first-order valence-electron chi connectivity index (χ1n) is 7.61. The molecule has 2 aromatic carbocycles. The molecule has 4 nitrogen and oxygen atoms in total. The van der Waals surface area contributed by atoms with Gasteiger partial charge in [0.05, 0.1) is 4.90 Å². The van der Waals surface area contributed by atoms with Crippen molar-refractivity contribution in [2.24, 2.45) is 0 Å². The van der Waals surface area contributed by atoms with E-state index in [2.05, 4.69) is 4.72 Å². The minimum absolute atomic E-state index is 0.0837. The third-order valence-electron chi connectivity index (χ3n) is 3.77. The van der Waals surface area contributed by atoms with Crippen LogP contribution in [0.2, 0.25) is 0 Å². The van der Waals surface area contributed by atoms with Crippen molar-refractivity contribution in [3.8, 4) is 0 Å². The van der Waals surface area contributed by atoms with Gasteiger partial charge in [-0.05, 0) is 49.7 Å². The van der Waals surface area contributed by atoms with Crippen LogP contribution in [-0.4, -0.2) is 14.5 Å². The van der Waals surface area contributed by atoms with Crippen LogP contribution in [0.1, 0.15) is 18.2 Å². The zero-order valence-electron chi connectivity index (χ0n) is 13.4. The molecule has 0 radical (unpaired) electrons. The van der Waals surface area contributed by atoms with Crippen molar-refractivity contribution in [3.63, 3.8) is 0 Å². The normalized spacial score (nSPS) is 13.3. The van der Waals surface area contributed by atoms with Crippen LogP contribution in [0.4, 0.5) is 4.39 Å². The maximum atomic E-state index is 13.2. The number of hydrogen-bond donors (Lipinski definition) is 1. The van der Waals surface area contributed by atoms with Crippen molar-refractivity contribution in [3.05, 3.63) is 65.7 Å². The third-order valence-corrected chi connectivity index (χ3v) is 5.52. The van der Waals surface area contributed by atoms with Crippen molar-refractivity contribution >= 4 is 21.0 Å². The van der Waals surface area contributed by atoms with Crippen molar-refractivity contribution in [2.75, 3.05) is 0 Å². The summed E-state index contributed by atoms with van der Waals surface area (Å²) in [6, 6.07) is 12.8. The van der Waals surface area contributed by atoms with Gasteiger partial charge in [0.25, 0.3) is 0 Å². The van der Waals surface area contributed by atoms with Crippen LogP contribution in [0.15, 0.2) is 57.8 Å². The van der Waals surface area contributed by atoms with Crippen LogP contribution in [0.3, 0.4) is 0 Å². The van der Waals surface area contributed by atoms with E-state index in [0.29, 0.717) is 17.7 Å². The second-order valence-electron chi connectivity index (χ2n) is 5.89. The predicted molar refractivity (Wildman–Crippen MR) is 90.8 cm³/mol. The maximum absolute atomic E-state index is 13.2. The van der Waals surface area contributed by atoms with Gasteiger partial charge in [-0.25, -0.2) is 17.5 Å². The van der Waals surface area contributed by atoms with E-state index in [1.54, 1.807) is 13.8 Å². The molecule has 0 aliphatic carbocycles. The summed E-state index contributed by atoms with van der Waals surface area (Å²) >= 11 is 0. The average molecular weight is 347 g/mol. The number of halogens is 1. The number of fused-ring (bicyclic) bond motifs is 1. The van der Waals surface area contributed by atoms with Gasteiger partial charge in [0.15, 0.2) is 0 Å². The first-order chi connectivity index (χ1) is 11.3.